The van der Waals surface area contributed by atoms with Crippen molar-refractivity contribution in [3.63, 3.8) is 0 Å². The van der Waals surface area contributed by atoms with Crippen LogP contribution < -0.4 is 4.90 Å². The zero-order valence-electron chi connectivity index (χ0n) is 16.7. The Labute approximate surface area is 167 Å². The summed E-state index contributed by atoms with van der Waals surface area (Å²) in [5, 5.41) is 0. The highest BCUT2D eigenvalue weighted by Gasteiger charge is 2.43. The fourth-order valence-electron chi connectivity index (χ4n) is 5.31. The maximum absolute atomic E-state index is 6.22. The highest BCUT2D eigenvalue weighted by Crippen LogP contribution is 2.40. The number of piperidine rings is 1. The zero-order valence-corrected chi connectivity index (χ0v) is 16.7. The van der Waals surface area contributed by atoms with Crippen LogP contribution in [0.4, 0.5) is 5.82 Å². The molecule has 3 fully saturated rings. The van der Waals surface area contributed by atoms with Crippen LogP contribution in [0, 0.1) is 0 Å². The van der Waals surface area contributed by atoms with E-state index in [4.69, 9.17) is 9.15 Å². The summed E-state index contributed by atoms with van der Waals surface area (Å²) >= 11 is 0. The molecule has 2 aromatic rings. The van der Waals surface area contributed by atoms with Gasteiger partial charge in [0, 0.05) is 31.4 Å². The Morgan fingerprint density at radius 1 is 1.00 bits per heavy atom. The maximum atomic E-state index is 6.22. The third-order valence-electron chi connectivity index (χ3n) is 6.93. The van der Waals surface area contributed by atoms with Crippen molar-refractivity contribution in [1.82, 2.24) is 9.88 Å². The minimum Gasteiger partial charge on any atom is -0.462 e. The second-order valence-electron chi connectivity index (χ2n) is 8.58. The number of hydrogen-bond donors (Lipinski definition) is 0. The highest BCUT2D eigenvalue weighted by atomic mass is 16.5. The van der Waals surface area contributed by atoms with Gasteiger partial charge in [-0.2, -0.15) is 0 Å². The van der Waals surface area contributed by atoms with Crippen molar-refractivity contribution in [3.8, 4) is 0 Å². The minimum absolute atomic E-state index is 0.164. The molecule has 0 unspecified atom stereocenters. The quantitative estimate of drug-likeness (QED) is 0.777. The van der Waals surface area contributed by atoms with Gasteiger partial charge in [-0.05, 0) is 75.8 Å². The molecule has 28 heavy (non-hydrogen) atoms. The van der Waals surface area contributed by atoms with Crippen LogP contribution in [0.15, 0.2) is 40.9 Å². The van der Waals surface area contributed by atoms with Crippen LogP contribution in [0.1, 0.15) is 62.6 Å². The molecule has 0 amide bonds. The van der Waals surface area contributed by atoms with Gasteiger partial charge in [0.2, 0.25) is 0 Å². The van der Waals surface area contributed by atoms with E-state index in [9.17, 15) is 0 Å². The van der Waals surface area contributed by atoms with Gasteiger partial charge < -0.3 is 14.1 Å². The molecule has 0 N–H and O–H groups in total. The Kier molecular flexibility index (Phi) is 5.12. The summed E-state index contributed by atoms with van der Waals surface area (Å²) in [4.78, 5) is 9.66. The molecule has 150 valence electrons. The molecule has 1 spiro atoms. The Morgan fingerprint density at radius 2 is 1.93 bits per heavy atom. The highest BCUT2D eigenvalue weighted by molar-refractivity contribution is 5.38. The average Bonchev–Trinajstić information content (AvgIpc) is 3.38. The van der Waals surface area contributed by atoms with Gasteiger partial charge in [0.25, 0.3) is 0 Å². The number of rotatable bonds is 4. The molecule has 0 bridgehead atoms. The van der Waals surface area contributed by atoms with Gasteiger partial charge >= 0.3 is 0 Å². The van der Waals surface area contributed by atoms with Crippen molar-refractivity contribution in [3.05, 3.63) is 48.0 Å². The normalized spacial score (nSPS) is 25.4. The van der Waals surface area contributed by atoms with Gasteiger partial charge in [-0.1, -0.05) is 6.07 Å². The molecule has 0 aliphatic carbocycles. The third-order valence-corrected chi connectivity index (χ3v) is 6.93. The zero-order chi connectivity index (χ0) is 18.8. The molecule has 1 atom stereocenters. The largest absolute Gasteiger partial charge is 0.462 e. The fraction of sp³-hybridized carbons (Fsp3) is 0.609. The first kappa shape index (κ1) is 18.2. The number of furan rings is 1. The molecule has 5 rings (SSSR count). The van der Waals surface area contributed by atoms with E-state index in [2.05, 4.69) is 39.0 Å². The van der Waals surface area contributed by atoms with E-state index in [-0.39, 0.29) is 6.10 Å². The molecule has 3 saturated heterocycles. The third kappa shape index (κ3) is 3.58. The standard InChI is InChI=1S/C23H31N3O2/c1-3-13-24-22(7-1)25-15-11-23(12-16-25)10-5-14-26(23)18-19-8-9-21(28-19)20-6-2-4-17-27-20/h1,3,7-9,13,20H,2,4-6,10-12,14-18H2/t20-/m0/s1. The lowest BCUT2D eigenvalue weighted by atomic mass is 9.85. The summed E-state index contributed by atoms with van der Waals surface area (Å²) in [5.41, 5.74) is 0.333. The van der Waals surface area contributed by atoms with Gasteiger partial charge in [-0.25, -0.2) is 4.98 Å². The molecule has 5 nitrogen and oxygen atoms in total. The van der Waals surface area contributed by atoms with E-state index in [1.807, 2.05) is 12.3 Å². The van der Waals surface area contributed by atoms with Crippen LogP contribution in [0.2, 0.25) is 0 Å². The number of pyridine rings is 1. The van der Waals surface area contributed by atoms with E-state index < -0.39 is 0 Å². The van der Waals surface area contributed by atoms with Crippen molar-refractivity contribution in [2.45, 2.75) is 63.1 Å². The predicted octanol–water partition coefficient (Wildman–Crippen LogP) is 4.55. The molecule has 0 saturated carbocycles. The topological polar surface area (TPSA) is 41.7 Å². The Balaban J connectivity index is 1.23. The number of anilines is 1. The fourth-order valence-corrected chi connectivity index (χ4v) is 5.31. The van der Waals surface area contributed by atoms with Gasteiger partial charge in [-0.3, -0.25) is 4.90 Å². The number of nitrogens with zero attached hydrogens (tertiary/aromatic N) is 3. The van der Waals surface area contributed by atoms with Crippen LogP contribution in [0.5, 0.6) is 0 Å². The number of ether oxygens (including phenoxy) is 1. The Bertz CT molecular complexity index is 761. The first-order chi connectivity index (χ1) is 13.8. The summed E-state index contributed by atoms with van der Waals surface area (Å²) in [7, 11) is 0. The predicted molar refractivity (Wildman–Crippen MR) is 109 cm³/mol. The molecule has 2 aromatic heterocycles. The van der Waals surface area contributed by atoms with E-state index in [1.54, 1.807) is 0 Å². The molecule has 0 radical (unpaired) electrons. The molecular weight excluding hydrogens is 350 g/mol. The smallest absolute Gasteiger partial charge is 0.133 e. The molecule has 0 aromatic carbocycles. The average molecular weight is 382 g/mol. The van der Waals surface area contributed by atoms with Crippen molar-refractivity contribution in [2.75, 3.05) is 31.1 Å². The summed E-state index contributed by atoms with van der Waals surface area (Å²) in [6.45, 7) is 5.15. The van der Waals surface area contributed by atoms with E-state index in [0.29, 0.717) is 5.54 Å². The van der Waals surface area contributed by atoms with Crippen LogP contribution in [0.3, 0.4) is 0 Å². The molecule has 5 heterocycles. The number of aromatic nitrogens is 1. The Hall–Kier alpha value is -1.85. The van der Waals surface area contributed by atoms with Crippen LogP contribution in [-0.2, 0) is 11.3 Å². The van der Waals surface area contributed by atoms with Crippen LogP contribution in [-0.4, -0.2) is 41.7 Å². The Morgan fingerprint density at radius 3 is 2.71 bits per heavy atom. The minimum atomic E-state index is 0.164. The SMILES string of the molecule is c1ccc(N2CCC3(CCCN3Cc3ccc([C@@H]4CCCCO4)o3)CC2)nc1. The first-order valence-corrected chi connectivity index (χ1v) is 10.9. The van der Waals surface area contributed by atoms with Crippen molar-refractivity contribution in [1.29, 1.82) is 0 Å². The van der Waals surface area contributed by atoms with E-state index >= 15 is 0 Å². The van der Waals surface area contributed by atoms with Crippen molar-refractivity contribution >= 4 is 5.82 Å². The van der Waals surface area contributed by atoms with Gasteiger partial charge in [0.05, 0.1) is 6.54 Å². The lowest BCUT2D eigenvalue weighted by molar-refractivity contribution is 0.000273. The first-order valence-electron chi connectivity index (χ1n) is 10.9. The number of likely N-dealkylation sites (tertiary alicyclic amines) is 1. The molecule has 3 aliphatic rings. The summed E-state index contributed by atoms with van der Waals surface area (Å²) in [6, 6.07) is 10.5. The second-order valence-corrected chi connectivity index (χ2v) is 8.58. The molecule has 3 aliphatic heterocycles. The van der Waals surface area contributed by atoms with Crippen molar-refractivity contribution in [2.24, 2.45) is 0 Å². The van der Waals surface area contributed by atoms with Crippen LogP contribution >= 0.6 is 0 Å². The monoisotopic (exact) mass is 381 g/mol. The molecular formula is C23H31N3O2. The van der Waals surface area contributed by atoms with E-state index in [1.165, 1.54) is 45.1 Å². The summed E-state index contributed by atoms with van der Waals surface area (Å²) in [6.07, 6.45) is 10.6. The lowest BCUT2D eigenvalue weighted by Gasteiger charge is -2.45. The second kappa shape index (κ2) is 7.88. The molecule has 5 heteroatoms. The van der Waals surface area contributed by atoms with Gasteiger partial charge in [0.1, 0.15) is 23.4 Å². The van der Waals surface area contributed by atoms with Crippen molar-refractivity contribution < 1.29 is 9.15 Å². The van der Waals surface area contributed by atoms with Gasteiger partial charge in [0.15, 0.2) is 0 Å². The summed E-state index contributed by atoms with van der Waals surface area (Å²) in [5.74, 6) is 3.23. The number of hydrogen-bond acceptors (Lipinski definition) is 5. The summed E-state index contributed by atoms with van der Waals surface area (Å²) < 4.78 is 12.1. The van der Waals surface area contributed by atoms with E-state index in [0.717, 1.165) is 50.0 Å². The van der Waals surface area contributed by atoms with Crippen LogP contribution in [0.25, 0.3) is 0 Å². The lowest BCUT2D eigenvalue weighted by Crippen LogP contribution is -2.52. The van der Waals surface area contributed by atoms with Gasteiger partial charge in [-0.15, -0.1) is 0 Å². The maximum Gasteiger partial charge on any atom is 0.133 e.